The smallest absolute Gasteiger partial charge is 0.273 e. The second-order valence-corrected chi connectivity index (χ2v) is 4.94. The van der Waals surface area contributed by atoms with E-state index in [-0.39, 0.29) is 12.1 Å². The lowest BCUT2D eigenvalue weighted by molar-refractivity contribution is -0.385. The minimum absolute atomic E-state index is 0.0338. The van der Waals surface area contributed by atoms with Crippen LogP contribution < -0.4 is 0 Å². The van der Waals surface area contributed by atoms with E-state index in [2.05, 4.69) is 15.9 Å². The van der Waals surface area contributed by atoms with Crippen LogP contribution in [0.1, 0.15) is 19.4 Å². The SMILES string of the molecule is CC(C)(O)Cc1ccc(Br)cc1[N+](=O)[O-]. The lowest BCUT2D eigenvalue weighted by atomic mass is 9.97. The normalized spacial score (nSPS) is 11.5. The molecule has 0 unspecified atom stereocenters. The Labute approximate surface area is 96.2 Å². The molecule has 1 aromatic rings. The summed E-state index contributed by atoms with van der Waals surface area (Å²) in [4.78, 5) is 10.3. The maximum atomic E-state index is 10.8. The van der Waals surface area contributed by atoms with Crippen LogP contribution in [-0.4, -0.2) is 15.6 Å². The first-order valence-corrected chi connectivity index (χ1v) is 5.24. The Morgan fingerprint density at radius 3 is 2.60 bits per heavy atom. The standard InChI is InChI=1S/C10H12BrNO3/c1-10(2,13)6-7-3-4-8(11)5-9(7)12(14)15/h3-5,13H,6H2,1-2H3. The summed E-state index contributed by atoms with van der Waals surface area (Å²) in [5.74, 6) is 0. The fraction of sp³-hybridized carbons (Fsp3) is 0.400. The maximum absolute atomic E-state index is 10.8. The van der Waals surface area contributed by atoms with Crippen LogP contribution in [0.2, 0.25) is 0 Å². The first-order valence-electron chi connectivity index (χ1n) is 4.45. The molecule has 5 heteroatoms. The molecule has 0 atom stereocenters. The van der Waals surface area contributed by atoms with Gasteiger partial charge in [0.25, 0.3) is 5.69 Å². The average Bonchev–Trinajstić information content (AvgIpc) is 2.05. The third-order valence-corrected chi connectivity index (χ3v) is 2.36. The summed E-state index contributed by atoms with van der Waals surface area (Å²) in [7, 11) is 0. The van der Waals surface area contributed by atoms with Crippen molar-refractivity contribution in [2.24, 2.45) is 0 Å². The van der Waals surface area contributed by atoms with Gasteiger partial charge in [-0.25, -0.2) is 0 Å². The molecule has 0 amide bonds. The molecule has 1 aromatic carbocycles. The van der Waals surface area contributed by atoms with Crippen LogP contribution in [0.4, 0.5) is 5.69 Å². The van der Waals surface area contributed by atoms with Crippen molar-refractivity contribution in [3.05, 3.63) is 38.3 Å². The Bertz CT molecular complexity index is 385. The number of hydrogen-bond donors (Lipinski definition) is 1. The van der Waals surface area contributed by atoms with Crippen LogP contribution in [0.5, 0.6) is 0 Å². The fourth-order valence-electron chi connectivity index (χ4n) is 1.32. The van der Waals surface area contributed by atoms with Gasteiger partial charge >= 0.3 is 0 Å². The second-order valence-electron chi connectivity index (χ2n) is 4.02. The predicted molar refractivity (Wildman–Crippen MR) is 60.8 cm³/mol. The highest BCUT2D eigenvalue weighted by Crippen LogP contribution is 2.26. The van der Waals surface area contributed by atoms with Gasteiger partial charge in [0.15, 0.2) is 0 Å². The molecule has 0 fully saturated rings. The number of halogens is 1. The van der Waals surface area contributed by atoms with E-state index < -0.39 is 10.5 Å². The molecule has 1 rings (SSSR count). The van der Waals surface area contributed by atoms with E-state index in [0.29, 0.717) is 10.0 Å². The monoisotopic (exact) mass is 273 g/mol. The molecule has 0 spiro atoms. The number of nitrogens with zero attached hydrogens (tertiary/aromatic N) is 1. The van der Waals surface area contributed by atoms with Crippen molar-refractivity contribution in [1.82, 2.24) is 0 Å². The quantitative estimate of drug-likeness (QED) is 0.680. The summed E-state index contributed by atoms with van der Waals surface area (Å²) < 4.78 is 0.661. The zero-order valence-electron chi connectivity index (χ0n) is 8.53. The summed E-state index contributed by atoms with van der Waals surface area (Å²) >= 11 is 3.18. The van der Waals surface area contributed by atoms with Gasteiger partial charge < -0.3 is 5.11 Å². The zero-order chi connectivity index (χ0) is 11.6. The summed E-state index contributed by atoms with van der Waals surface area (Å²) in [6.07, 6.45) is 0.261. The molecular formula is C10H12BrNO3. The van der Waals surface area contributed by atoms with Crippen molar-refractivity contribution < 1.29 is 10.0 Å². The van der Waals surface area contributed by atoms with Gasteiger partial charge in [0.2, 0.25) is 0 Å². The third-order valence-electron chi connectivity index (χ3n) is 1.87. The molecule has 0 bridgehead atoms. The van der Waals surface area contributed by atoms with Gasteiger partial charge in [-0.3, -0.25) is 10.1 Å². The van der Waals surface area contributed by atoms with Crippen LogP contribution in [0.3, 0.4) is 0 Å². The Morgan fingerprint density at radius 1 is 1.53 bits per heavy atom. The number of benzene rings is 1. The maximum Gasteiger partial charge on any atom is 0.273 e. The third kappa shape index (κ3) is 3.60. The highest BCUT2D eigenvalue weighted by atomic mass is 79.9. The Kier molecular flexibility index (Phi) is 3.46. The summed E-state index contributed by atoms with van der Waals surface area (Å²) in [6.45, 7) is 3.25. The molecule has 0 aliphatic carbocycles. The second kappa shape index (κ2) is 4.28. The summed E-state index contributed by atoms with van der Waals surface area (Å²) in [5.41, 5.74) is -0.374. The van der Waals surface area contributed by atoms with Crippen molar-refractivity contribution in [3.63, 3.8) is 0 Å². The largest absolute Gasteiger partial charge is 0.390 e. The van der Waals surface area contributed by atoms with Gasteiger partial charge in [-0.05, 0) is 19.9 Å². The Balaban J connectivity index is 3.12. The first-order chi connectivity index (χ1) is 6.79. The van der Waals surface area contributed by atoms with E-state index in [9.17, 15) is 15.2 Å². The molecule has 82 valence electrons. The van der Waals surface area contributed by atoms with E-state index in [4.69, 9.17) is 0 Å². The van der Waals surface area contributed by atoms with Gasteiger partial charge in [-0.15, -0.1) is 0 Å². The van der Waals surface area contributed by atoms with Gasteiger partial charge in [0.1, 0.15) is 0 Å². The number of aliphatic hydroxyl groups is 1. The minimum Gasteiger partial charge on any atom is -0.390 e. The van der Waals surface area contributed by atoms with Crippen molar-refractivity contribution in [2.45, 2.75) is 25.9 Å². The number of nitro groups is 1. The van der Waals surface area contributed by atoms with Gasteiger partial charge in [-0.2, -0.15) is 0 Å². The van der Waals surface area contributed by atoms with Gasteiger partial charge in [-0.1, -0.05) is 22.0 Å². The van der Waals surface area contributed by atoms with Crippen LogP contribution in [0.15, 0.2) is 22.7 Å². The van der Waals surface area contributed by atoms with E-state index in [1.54, 1.807) is 26.0 Å². The molecule has 0 radical (unpaired) electrons. The lowest BCUT2D eigenvalue weighted by Gasteiger charge is -2.16. The van der Waals surface area contributed by atoms with Crippen molar-refractivity contribution in [2.75, 3.05) is 0 Å². The number of rotatable bonds is 3. The van der Waals surface area contributed by atoms with Gasteiger partial charge in [0, 0.05) is 22.5 Å². The van der Waals surface area contributed by atoms with Crippen LogP contribution in [0.25, 0.3) is 0 Å². The topological polar surface area (TPSA) is 63.4 Å². The molecule has 4 nitrogen and oxygen atoms in total. The molecule has 0 saturated carbocycles. The average molecular weight is 274 g/mol. The van der Waals surface area contributed by atoms with E-state index in [0.717, 1.165) is 0 Å². The minimum atomic E-state index is -0.946. The highest BCUT2D eigenvalue weighted by Gasteiger charge is 2.21. The molecule has 0 aliphatic heterocycles. The van der Waals surface area contributed by atoms with E-state index in [1.165, 1.54) is 6.07 Å². The fourth-order valence-corrected chi connectivity index (χ4v) is 1.67. The molecule has 1 N–H and O–H groups in total. The summed E-state index contributed by atoms with van der Waals surface area (Å²) in [6, 6.07) is 4.83. The molecule has 15 heavy (non-hydrogen) atoms. The molecular weight excluding hydrogens is 262 g/mol. The van der Waals surface area contributed by atoms with Crippen LogP contribution >= 0.6 is 15.9 Å². The highest BCUT2D eigenvalue weighted by molar-refractivity contribution is 9.10. The first kappa shape index (κ1) is 12.1. The summed E-state index contributed by atoms with van der Waals surface area (Å²) in [5, 5.41) is 20.4. The predicted octanol–water partition coefficient (Wildman–Crippen LogP) is 2.67. The number of hydrogen-bond acceptors (Lipinski definition) is 3. The zero-order valence-corrected chi connectivity index (χ0v) is 10.1. The molecule has 0 heterocycles. The lowest BCUT2D eigenvalue weighted by Crippen LogP contribution is -2.22. The number of nitro benzene ring substituents is 1. The van der Waals surface area contributed by atoms with Gasteiger partial charge in [0.05, 0.1) is 10.5 Å². The Hall–Kier alpha value is -0.940. The molecule has 0 aromatic heterocycles. The van der Waals surface area contributed by atoms with E-state index in [1.807, 2.05) is 0 Å². The van der Waals surface area contributed by atoms with Crippen LogP contribution in [0, 0.1) is 10.1 Å². The van der Waals surface area contributed by atoms with E-state index >= 15 is 0 Å². The molecule has 0 aliphatic rings. The van der Waals surface area contributed by atoms with Crippen molar-refractivity contribution in [3.8, 4) is 0 Å². The molecule has 0 saturated heterocycles. The van der Waals surface area contributed by atoms with Crippen molar-refractivity contribution >= 4 is 21.6 Å². The van der Waals surface area contributed by atoms with Crippen molar-refractivity contribution in [1.29, 1.82) is 0 Å². The Morgan fingerprint density at radius 2 is 2.13 bits per heavy atom. The van der Waals surface area contributed by atoms with Crippen LogP contribution in [-0.2, 0) is 6.42 Å².